The number of ether oxygens (including phenoxy) is 1. The summed E-state index contributed by atoms with van der Waals surface area (Å²) in [5.41, 5.74) is 2.81. The average molecular weight is 434 g/mol. The highest BCUT2D eigenvalue weighted by atomic mass is 31.2. The van der Waals surface area contributed by atoms with Gasteiger partial charge in [0.1, 0.15) is 5.75 Å². The summed E-state index contributed by atoms with van der Waals surface area (Å²) in [5, 5.41) is 1.10. The molecular weight excluding hydrogens is 409 g/mol. The topological polar surface area (TPSA) is 35.9 Å². The minimum Gasteiger partial charge on any atom is -0.497 e. The maximum absolute atomic E-state index is 13.7. The lowest BCUT2D eigenvalue weighted by molar-refractivity contribution is 0.105. The second-order valence-corrected chi connectivity index (χ2v) is 8.94. The second kappa shape index (κ2) is 8.98. The summed E-state index contributed by atoms with van der Waals surface area (Å²) >= 11 is 0. The minimum atomic E-state index is -1.42. The Morgan fingerprint density at radius 3 is 2.73 bits per heavy atom. The Balaban J connectivity index is 1.66. The molecule has 0 bridgehead atoms. The fraction of sp³-hybridized carbons (Fsp3) is 0.364. The van der Waals surface area contributed by atoms with E-state index < -0.39 is 20.2 Å². The summed E-state index contributed by atoms with van der Waals surface area (Å²) in [5.74, 6) is -0.926. The first kappa shape index (κ1) is 21.2. The van der Waals surface area contributed by atoms with Crippen LogP contribution in [0.1, 0.15) is 23.7 Å². The maximum Gasteiger partial charge on any atom is 0.294 e. The van der Waals surface area contributed by atoms with Gasteiger partial charge in [0.15, 0.2) is 11.6 Å². The normalized spacial score (nSPS) is 19.5. The highest BCUT2D eigenvalue weighted by molar-refractivity contribution is 7.45. The van der Waals surface area contributed by atoms with Gasteiger partial charge in [0, 0.05) is 24.5 Å². The SMILES string of the molecule is COc1ccc2c(c1)c(CCN(C)C)cn2P1OCCC(c2ccc(F)c(F)c2)O1. The molecular formula is C22H25F2N2O3P. The van der Waals surface area contributed by atoms with Gasteiger partial charge in [-0.15, -0.1) is 0 Å². The Kier molecular flexibility index (Phi) is 6.34. The zero-order valence-electron chi connectivity index (χ0n) is 17.3. The number of likely N-dealkylation sites (N-methyl/N-ethyl adjacent to an activating group) is 1. The van der Waals surface area contributed by atoms with E-state index in [0.717, 1.165) is 35.7 Å². The van der Waals surface area contributed by atoms with Crippen LogP contribution in [0.25, 0.3) is 10.9 Å². The van der Waals surface area contributed by atoms with Crippen LogP contribution in [0.3, 0.4) is 0 Å². The third kappa shape index (κ3) is 4.35. The molecule has 0 N–H and O–H groups in total. The first-order valence-electron chi connectivity index (χ1n) is 9.84. The quantitative estimate of drug-likeness (QED) is 0.495. The second-order valence-electron chi connectivity index (χ2n) is 7.56. The molecule has 0 spiro atoms. The van der Waals surface area contributed by atoms with Gasteiger partial charge in [-0.1, -0.05) is 6.07 Å². The van der Waals surface area contributed by atoms with Crippen molar-refractivity contribution in [2.75, 3.05) is 34.4 Å². The Labute approximate surface area is 176 Å². The molecule has 2 aromatic carbocycles. The molecule has 2 heterocycles. The van der Waals surface area contributed by atoms with Gasteiger partial charge < -0.3 is 18.7 Å². The summed E-state index contributed by atoms with van der Waals surface area (Å²) in [6, 6.07) is 9.87. The molecule has 1 aliphatic rings. The van der Waals surface area contributed by atoms with Crippen LogP contribution in [0.5, 0.6) is 5.75 Å². The molecule has 4 rings (SSSR count). The highest BCUT2D eigenvalue weighted by Crippen LogP contribution is 2.52. The first-order valence-corrected chi connectivity index (χ1v) is 11.0. The Morgan fingerprint density at radius 2 is 2.00 bits per heavy atom. The molecule has 0 aliphatic carbocycles. The van der Waals surface area contributed by atoms with Gasteiger partial charge >= 0.3 is 0 Å². The standard InChI is InChI=1S/C22H25F2N2O3P/c1-25(2)10-8-16-14-26(21-7-5-17(27-3)13-18(16)21)30-28-11-9-22(29-30)15-4-6-19(23)20(24)12-15/h4-7,12-14,22H,8-11H2,1-3H3. The van der Waals surface area contributed by atoms with E-state index in [4.69, 9.17) is 13.8 Å². The van der Waals surface area contributed by atoms with Crippen LogP contribution in [0, 0.1) is 11.6 Å². The molecule has 2 atom stereocenters. The van der Waals surface area contributed by atoms with Crippen molar-refractivity contribution in [3.8, 4) is 5.75 Å². The van der Waals surface area contributed by atoms with Crippen molar-refractivity contribution in [2.45, 2.75) is 18.9 Å². The van der Waals surface area contributed by atoms with Gasteiger partial charge in [-0.25, -0.2) is 8.78 Å². The predicted octanol–water partition coefficient (Wildman–Crippen LogP) is 5.29. The summed E-state index contributed by atoms with van der Waals surface area (Å²) in [7, 11) is 4.32. The van der Waals surface area contributed by atoms with E-state index in [-0.39, 0.29) is 6.10 Å². The van der Waals surface area contributed by atoms with E-state index in [9.17, 15) is 8.78 Å². The van der Waals surface area contributed by atoms with Gasteiger partial charge in [-0.2, -0.15) is 0 Å². The molecule has 0 amide bonds. The van der Waals surface area contributed by atoms with Gasteiger partial charge in [0.25, 0.3) is 8.53 Å². The van der Waals surface area contributed by atoms with Crippen LogP contribution in [0.15, 0.2) is 42.6 Å². The van der Waals surface area contributed by atoms with Crippen molar-refractivity contribution in [1.29, 1.82) is 0 Å². The molecule has 8 heteroatoms. The van der Waals surface area contributed by atoms with Crippen molar-refractivity contribution in [2.24, 2.45) is 0 Å². The van der Waals surface area contributed by atoms with Gasteiger partial charge in [0.05, 0.1) is 25.3 Å². The summed E-state index contributed by atoms with van der Waals surface area (Å²) in [4.78, 5) is 2.14. The molecule has 1 aromatic heterocycles. The van der Waals surface area contributed by atoms with Crippen molar-refractivity contribution >= 4 is 19.4 Å². The van der Waals surface area contributed by atoms with Crippen LogP contribution < -0.4 is 4.74 Å². The number of hydrogen-bond donors (Lipinski definition) is 0. The average Bonchev–Trinajstić information content (AvgIpc) is 3.12. The molecule has 0 radical (unpaired) electrons. The minimum absolute atomic E-state index is 0.346. The lowest BCUT2D eigenvalue weighted by Gasteiger charge is -2.30. The molecule has 0 saturated carbocycles. The predicted molar refractivity (Wildman–Crippen MR) is 114 cm³/mol. The van der Waals surface area contributed by atoms with Gasteiger partial charge in [0.2, 0.25) is 0 Å². The number of methoxy groups -OCH3 is 1. The first-order chi connectivity index (χ1) is 14.5. The monoisotopic (exact) mass is 434 g/mol. The zero-order valence-corrected chi connectivity index (χ0v) is 18.2. The number of halogens is 2. The Bertz CT molecular complexity index is 1040. The Morgan fingerprint density at radius 1 is 1.17 bits per heavy atom. The van der Waals surface area contributed by atoms with Crippen molar-refractivity contribution in [3.05, 3.63) is 65.4 Å². The van der Waals surface area contributed by atoms with E-state index in [2.05, 4.69) is 11.1 Å². The lowest BCUT2D eigenvalue weighted by atomic mass is 10.1. The number of aromatic nitrogens is 1. The molecule has 2 unspecified atom stereocenters. The smallest absolute Gasteiger partial charge is 0.294 e. The van der Waals surface area contributed by atoms with Crippen LogP contribution in [0.4, 0.5) is 8.78 Å². The molecule has 1 aliphatic heterocycles. The van der Waals surface area contributed by atoms with Crippen molar-refractivity contribution in [1.82, 2.24) is 9.24 Å². The molecule has 160 valence electrons. The fourth-order valence-corrected chi connectivity index (χ4v) is 5.12. The molecule has 30 heavy (non-hydrogen) atoms. The number of benzene rings is 2. The summed E-state index contributed by atoms with van der Waals surface area (Å²) < 4.78 is 46.7. The highest BCUT2D eigenvalue weighted by Gasteiger charge is 2.29. The fourth-order valence-electron chi connectivity index (χ4n) is 3.55. The number of nitrogens with zero attached hydrogens (tertiary/aromatic N) is 2. The van der Waals surface area contributed by atoms with Gasteiger partial charge in [-0.05, 0) is 62.0 Å². The number of hydrogen-bond acceptors (Lipinski definition) is 4. The van der Waals surface area contributed by atoms with Crippen LogP contribution in [-0.2, 0) is 15.5 Å². The third-order valence-corrected chi connectivity index (χ3v) is 6.71. The summed E-state index contributed by atoms with van der Waals surface area (Å²) in [6.07, 6.45) is 3.19. The van der Waals surface area contributed by atoms with Crippen LogP contribution in [0.2, 0.25) is 0 Å². The van der Waals surface area contributed by atoms with Crippen LogP contribution in [-0.4, -0.2) is 43.6 Å². The van der Waals surface area contributed by atoms with E-state index in [1.807, 2.05) is 36.6 Å². The molecule has 3 aromatic rings. The number of rotatable bonds is 6. The van der Waals surface area contributed by atoms with E-state index in [1.165, 1.54) is 11.6 Å². The summed E-state index contributed by atoms with van der Waals surface area (Å²) in [6.45, 7) is 1.39. The molecule has 5 nitrogen and oxygen atoms in total. The van der Waals surface area contributed by atoms with Crippen molar-refractivity contribution in [3.63, 3.8) is 0 Å². The largest absolute Gasteiger partial charge is 0.497 e. The van der Waals surface area contributed by atoms with Gasteiger partial charge in [-0.3, -0.25) is 4.34 Å². The van der Waals surface area contributed by atoms with E-state index in [1.54, 1.807) is 13.2 Å². The Hall–Kier alpha value is -2.05. The van der Waals surface area contributed by atoms with Crippen LogP contribution >= 0.6 is 8.53 Å². The maximum atomic E-state index is 13.7. The van der Waals surface area contributed by atoms with Crippen molar-refractivity contribution < 1.29 is 22.6 Å². The lowest BCUT2D eigenvalue weighted by Crippen LogP contribution is -2.15. The third-order valence-electron chi connectivity index (χ3n) is 5.19. The number of fused-ring (bicyclic) bond motifs is 1. The van der Waals surface area contributed by atoms with E-state index >= 15 is 0 Å². The molecule has 1 fully saturated rings. The zero-order chi connectivity index (χ0) is 21.3. The molecule has 1 saturated heterocycles. The van der Waals surface area contributed by atoms with E-state index in [0.29, 0.717) is 18.6 Å².